The van der Waals surface area contributed by atoms with Gasteiger partial charge in [-0.05, 0) is 12.8 Å². The molecule has 0 amide bonds. The maximum Gasteiger partial charge on any atom is 0.129 e. The summed E-state index contributed by atoms with van der Waals surface area (Å²) >= 11 is 0. The van der Waals surface area contributed by atoms with Crippen LogP contribution in [0.2, 0.25) is 0 Å². The van der Waals surface area contributed by atoms with Crippen LogP contribution < -0.4 is 11.1 Å². The molecule has 1 heterocycles. The van der Waals surface area contributed by atoms with Crippen LogP contribution in [-0.4, -0.2) is 22.6 Å². The number of rotatable bonds is 7. The first kappa shape index (κ1) is 12.9. The molecule has 0 saturated carbocycles. The van der Waals surface area contributed by atoms with Crippen LogP contribution in [0, 0.1) is 0 Å². The predicted molar refractivity (Wildman–Crippen MR) is 67.4 cm³/mol. The van der Waals surface area contributed by atoms with Crippen LogP contribution in [0.4, 0.5) is 5.82 Å². The third-order valence-electron chi connectivity index (χ3n) is 2.63. The Balaban J connectivity index is 2.55. The zero-order valence-corrected chi connectivity index (χ0v) is 10.2. The number of hydrogen-bond acceptors (Lipinski definition) is 4. The van der Waals surface area contributed by atoms with Crippen LogP contribution >= 0.6 is 0 Å². The van der Waals surface area contributed by atoms with E-state index in [9.17, 15) is 0 Å². The van der Waals surface area contributed by atoms with Crippen LogP contribution in [0.15, 0.2) is 12.4 Å². The number of nitrogens with one attached hydrogen (secondary N) is 1. The average molecular weight is 222 g/mol. The zero-order valence-electron chi connectivity index (χ0n) is 10.2. The van der Waals surface area contributed by atoms with Crippen molar-refractivity contribution < 1.29 is 0 Å². The Morgan fingerprint density at radius 1 is 1.38 bits per heavy atom. The van der Waals surface area contributed by atoms with Crippen LogP contribution in [-0.2, 0) is 6.42 Å². The average Bonchev–Trinajstić information content (AvgIpc) is 2.34. The van der Waals surface area contributed by atoms with Crippen molar-refractivity contribution in [2.24, 2.45) is 5.73 Å². The number of unbranched alkanes of at least 4 members (excludes halogenated alkanes) is 1. The van der Waals surface area contributed by atoms with Crippen molar-refractivity contribution in [3.63, 3.8) is 0 Å². The van der Waals surface area contributed by atoms with Gasteiger partial charge in [-0.2, -0.15) is 0 Å². The van der Waals surface area contributed by atoms with E-state index in [4.69, 9.17) is 5.73 Å². The Morgan fingerprint density at radius 3 is 2.81 bits per heavy atom. The van der Waals surface area contributed by atoms with E-state index in [-0.39, 0.29) is 0 Å². The Kier molecular flexibility index (Phi) is 5.78. The maximum atomic E-state index is 5.73. The summed E-state index contributed by atoms with van der Waals surface area (Å²) in [6, 6.07) is 2.31. The topological polar surface area (TPSA) is 63.8 Å². The highest BCUT2D eigenvalue weighted by molar-refractivity contribution is 5.36. The lowest BCUT2D eigenvalue weighted by atomic mass is 10.1. The van der Waals surface area contributed by atoms with Crippen molar-refractivity contribution in [1.82, 2.24) is 9.97 Å². The van der Waals surface area contributed by atoms with Crippen molar-refractivity contribution >= 4 is 5.82 Å². The Bertz CT molecular complexity index is 301. The highest BCUT2D eigenvalue weighted by atomic mass is 15.0. The summed E-state index contributed by atoms with van der Waals surface area (Å²) in [7, 11) is 0. The quantitative estimate of drug-likeness (QED) is 0.740. The van der Waals surface area contributed by atoms with E-state index in [0.29, 0.717) is 12.6 Å². The molecule has 0 bridgehead atoms. The van der Waals surface area contributed by atoms with Crippen molar-refractivity contribution in [1.29, 1.82) is 0 Å². The molecular formula is C12H22N4. The van der Waals surface area contributed by atoms with Gasteiger partial charge in [0, 0.05) is 24.3 Å². The van der Waals surface area contributed by atoms with Gasteiger partial charge in [-0.15, -0.1) is 0 Å². The van der Waals surface area contributed by atoms with Gasteiger partial charge in [0.25, 0.3) is 0 Å². The van der Waals surface area contributed by atoms with E-state index in [2.05, 4.69) is 29.1 Å². The fourth-order valence-corrected chi connectivity index (χ4v) is 1.58. The second-order valence-electron chi connectivity index (χ2n) is 3.97. The molecule has 0 aromatic carbocycles. The molecule has 1 rings (SSSR count). The largest absolute Gasteiger partial charge is 0.366 e. The van der Waals surface area contributed by atoms with Gasteiger partial charge in [-0.25, -0.2) is 9.97 Å². The number of anilines is 1. The molecule has 0 aliphatic carbocycles. The van der Waals surface area contributed by atoms with Crippen LogP contribution in [0.1, 0.15) is 38.8 Å². The standard InChI is InChI=1S/C12H22N4/c1-3-5-6-11(8-13)16-12-7-10(4-2)14-9-15-12/h7,9,11H,3-6,8,13H2,1-2H3,(H,14,15,16). The molecule has 0 spiro atoms. The third-order valence-corrected chi connectivity index (χ3v) is 2.63. The molecule has 4 nitrogen and oxygen atoms in total. The molecule has 1 aromatic rings. The predicted octanol–water partition coefficient (Wildman–Crippen LogP) is 1.97. The third kappa shape index (κ3) is 4.14. The molecular weight excluding hydrogens is 200 g/mol. The fraction of sp³-hybridized carbons (Fsp3) is 0.667. The van der Waals surface area contributed by atoms with Gasteiger partial charge in [0.1, 0.15) is 12.1 Å². The maximum absolute atomic E-state index is 5.73. The molecule has 0 aliphatic rings. The van der Waals surface area contributed by atoms with Gasteiger partial charge in [0.2, 0.25) is 0 Å². The first-order chi connectivity index (χ1) is 7.80. The molecule has 0 radical (unpaired) electrons. The van der Waals surface area contributed by atoms with E-state index in [1.54, 1.807) is 6.33 Å². The summed E-state index contributed by atoms with van der Waals surface area (Å²) < 4.78 is 0. The second kappa shape index (κ2) is 7.17. The second-order valence-corrected chi connectivity index (χ2v) is 3.97. The van der Waals surface area contributed by atoms with E-state index in [1.165, 1.54) is 12.8 Å². The number of aromatic nitrogens is 2. The molecule has 0 aliphatic heterocycles. The first-order valence-corrected chi connectivity index (χ1v) is 6.07. The Hall–Kier alpha value is -1.16. The normalized spacial score (nSPS) is 12.4. The molecule has 4 heteroatoms. The molecule has 3 N–H and O–H groups in total. The monoisotopic (exact) mass is 222 g/mol. The number of hydrogen-bond donors (Lipinski definition) is 2. The summed E-state index contributed by atoms with van der Waals surface area (Å²) in [6.07, 6.45) is 6.02. The first-order valence-electron chi connectivity index (χ1n) is 6.07. The van der Waals surface area contributed by atoms with Gasteiger partial charge < -0.3 is 11.1 Å². The molecule has 0 saturated heterocycles. The summed E-state index contributed by atoms with van der Waals surface area (Å²) in [5, 5.41) is 3.36. The van der Waals surface area contributed by atoms with Gasteiger partial charge in [0.05, 0.1) is 0 Å². The lowest BCUT2D eigenvalue weighted by molar-refractivity contribution is 0.612. The number of nitrogens with two attached hydrogens (primary N) is 1. The highest BCUT2D eigenvalue weighted by Crippen LogP contribution is 2.09. The summed E-state index contributed by atoms with van der Waals surface area (Å²) in [5.41, 5.74) is 6.79. The summed E-state index contributed by atoms with van der Waals surface area (Å²) in [5.74, 6) is 0.887. The van der Waals surface area contributed by atoms with Gasteiger partial charge >= 0.3 is 0 Å². The summed E-state index contributed by atoms with van der Waals surface area (Å²) in [4.78, 5) is 8.38. The lowest BCUT2D eigenvalue weighted by Crippen LogP contribution is -2.29. The molecule has 1 atom stereocenters. The van der Waals surface area contributed by atoms with Crippen LogP contribution in [0.5, 0.6) is 0 Å². The fourth-order valence-electron chi connectivity index (χ4n) is 1.58. The van der Waals surface area contributed by atoms with Gasteiger partial charge in [-0.1, -0.05) is 26.7 Å². The molecule has 16 heavy (non-hydrogen) atoms. The van der Waals surface area contributed by atoms with E-state index < -0.39 is 0 Å². The molecule has 1 unspecified atom stereocenters. The SMILES string of the molecule is CCCCC(CN)Nc1cc(CC)ncn1. The molecule has 90 valence electrons. The van der Waals surface area contributed by atoms with Crippen molar-refractivity contribution in [3.05, 3.63) is 18.1 Å². The number of nitrogens with zero attached hydrogens (tertiary/aromatic N) is 2. The van der Waals surface area contributed by atoms with E-state index in [0.717, 1.165) is 24.4 Å². The minimum absolute atomic E-state index is 0.319. The smallest absolute Gasteiger partial charge is 0.129 e. The zero-order chi connectivity index (χ0) is 11.8. The van der Waals surface area contributed by atoms with Crippen LogP contribution in [0.3, 0.4) is 0 Å². The highest BCUT2D eigenvalue weighted by Gasteiger charge is 2.06. The molecule has 0 fully saturated rings. The Morgan fingerprint density at radius 2 is 2.19 bits per heavy atom. The summed E-state index contributed by atoms with van der Waals surface area (Å²) in [6.45, 7) is 4.92. The van der Waals surface area contributed by atoms with E-state index >= 15 is 0 Å². The van der Waals surface area contributed by atoms with E-state index in [1.807, 2.05) is 6.07 Å². The lowest BCUT2D eigenvalue weighted by Gasteiger charge is -2.17. The Labute approximate surface area is 97.7 Å². The van der Waals surface area contributed by atoms with Crippen molar-refractivity contribution in [2.45, 2.75) is 45.6 Å². The van der Waals surface area contributed by atoms with Crippen molar-refractivity contribution in [2.75, 3.05) is 11.9 Å². The van der Waals surface area contributed by atoms with Crippen LogP contribution in [0.25, 0.3) is 0 Å². The minimum Gasteiger partial charge on any atom is -0.366 e. The van der Waals surface area contributed by atoms with Crippen molar-refractivity contribution in [3.8, 4) is 0 Å². The van der Waals surface area contributed by atoms with Gasteiger partial charge in [0.15, 0.2) is 0 Å². The number of aryl methyl sites for hydroxylation is 1. The molecule has 1 aromatic heterocycles. The minimum atomic E-state index is 0.319. The van der Waals surface area contributed by atoms with Gasteiger partial charge in [-0.3, -0.25) is 0 Å².